The van der Waals surface area contributed by atoms with Crippen LogP contribution in [0.25, 0.3) is 11.3 Å². The van der Waals surface area contributed by atoms with Gasteiger partial charge in [-0.25, -0.2) is 9.07 Å². The molecule has 0 N–H and O–H groups in total. The summed E-state index contributed by atoms with van der Waals surface area (Å²) < 4.78 is 14.2. The first-order valence-electron chi connectivity index (χ1n) is 6.26. The van der Waals surface area contributed by atoms with E-state index in [0.717, 1.165) is 11.6 Å². The number of nitrogens with zero attached hydrogens (tertiary/aromatic N) is 2. The third-order valence-corrected chi connectivity index (χ3v) is 3.34. The van der Waals surface area contributed by atoms with Crippen molar-refractivity contribution in [1.82, 2.24) is 9.78 Å². The number of benzene rings is 2. The highest BCUT2D eigenvalue weighted by Gasteiger charge is 2.14. The minimum absolute atomic E-state index is 0.0664. The molecule has 0 saturated heterocycles. The molecule has 21 heavy (non-hydrogen) atoms. The predicted octanol–water partition coefficient (Wildman–Crippen LogP) is 4.03. The average molecular weight is 301 g/mol. The van der Waals surface area contributed by atoms with Crippen LogP contribution in [0.3, 0.4) is 0 Å². The van der Waals surface area contributed by atoms with Gasteiger partial charge in [0, 0.05) is 11.8 Å². The summed E-state index contributed by atoms with van der Waals surface area (Å²) in [7, 11) is 0. The molecule has 5 heteroatoms. The van der Waals surface area contributed by atoms with Gasteiger partial charge >= 0.3 is 0 Å². The van der Waals surface area contributed by atoms with Gasteiger partial charge in [-0.3, -0.25) is 4.79 Å². The fraction of sp³-hybridized carbons (Fsp3) is 0. The molecule has 0 atom stereocenters. The topological polar surface area (TPSA) is 34.9 Å². The Balaban J connectivity index is 1.94. The number of carbonyl (C=O) groups excluding carboxylic acids is 1. The normalized spacial score (nSPS) is 10.6. The Morgan fingerprint density at radius 2 is 1.86 bits per heavy atom. The lowest BCUT2D eigenvalue weighted by Crippen LogP contribution is -2.13. The smallest absolute Gasteiger partial charge is 0.267 e. The summed E-state index contributed by atoms with van der Waals surface area (Å²) >= 11 is 5.90. The molecule has 3 aromatic rings. The van der Waals surface area contributed by atoms with Gasteiger partial charge in [0.2, 0.25) is 0 Å². The van der Waals surface area contributed by atoms with E-state index in [4.69, 9.17) is 11.6 Å². The molecule has 0 unspecified atom stereocenters. The summed E-state index contributed by atoms with van der Waals surface area (Å²) in [6, 6.07) is 14.9. The van der Waals surface area contributed by atoms with Crippen molar-refractivity contribution in [3.63, 3.8) is 0 Å². The Bertz CT molecular complexity index is 799. The van der Waals surface area contributed by atoms with Crippen LogP contribution in [0.2, 0.25) is 5.02 Å². The van der Waals surface area contributed by atoms with Gasteiger partial charge < -0.3 is 0 Å². The van der Waals surface area contributed by atoms with E-state index in [1.54, 1.807) is 12.3 Å². The van der Waals surface area contributed by atoms with Crippen LogP contribution in [0.15, 0.2) is 60.8 Å². The molecule has 3 nitrogen and oxygen atoms in total. The van der Waals surface area contributed by atoms with Crippen LogP contribution in [-0.4, -0.2) is 15.7 Å². The predicted molar refractivity (Wildman–Crippen MR) is 78.8 cm³/mol. The van der Waals surface area contributed by atoms with Crippen LogP contribution in [0.5, 0.6) is 0 Å². The third kappa shape index (κ3) is 2.71. The van der Waals surface area contributed by atoms with Crippen molar-refractivity contribution in [2.24, 2.45) is 0 Å². The van der Waals surface area contributed by atoms with Gasteiger partial charge in [-0.1, -0.05) is 41.9 Å². The van der Waals surface area contributed by atoms with E-state index in [1.807, 2.05) is 30.3 Å². The number of halogens is 2. The van der Waals surface area contributed by atoms with E-state index >= 15 is 0 Å². The minimum atomic E-state index is -0.484. The van der Waals surface area contributed by atoms with Crippen LogP contribution < -0.4 is 0 Å². The minimum Gasteiger partial charge on any atom is -0.267 e. The highest BCUT2D eigenvalue weighted by atomic mass is 35.5. The highest BCUT2D eigenvalue weighted by molar-refractivity contribution is 6.33. The molecule has 0 aliphatic heterocycles. The summed E-state index contributed by atoms with van der Waals surface area (Å²) in [4.78, 5) is 12.3. The maximum Gasteiger partial charge on any atom is 0.279 e. The number of hydrogen-bond donors (Lipinski definition) is 0. The van der Waals surface area contributed by atoms with Crippen LogP contribution in [-0.2, 0) is 0 Å². The van der Waals surface area contributed by atoms with Crippen molar-refractivity contribution in [3.05, 3.63) is 77.2 Å². The molecule has 0 aliphatic carbocycles. The second-order valence-corrected chi connectivity index (χ2v) is 4.85. The highest BCUT2D eigenvalue weighted by Crippen LogP contribution is 2.20. The molecule has 0 aliphatic rings. The molecule has 1 heterocycles. The molecule has 0 radical (unpaired) electrons. The van der Waals surface area contributed by atoms with Gasteiger partial charge in [-0.15, -0.1) is 0 Å². The molecule has 0 saturated carbocycles. The number of rotatable bonds is 2. The van der Waals surface area contributed by atoms with Crippen LogP contribution in [0, 0.1) is 5.82 Å². The maximum atomic E-state index is 13.0. The summed E-state index contributed by atoms with van der Waals surface area (Å²) in [6.45, 7) is 0. The van der Waals surface area contributed by atoms with Crippen LogP contribution in [0.4, 0.5) is 4.39 Å². The Labute approximate surface area is 125 Å². The molecule has 2 aromatic carbocycles. The van der Waals surface area contributed by atoms with Gasteiger partial charge in [0.15, 0.2) is 0 Å². The average Bonchev–Trinajstić information content (AvgIpc) is 2.97. The van der Waals surface area contributed by atoms with Gasteiger partial charge in [-0.2, -0.15) is 5.10 Å². The van der Waals surface area contributed by atoms with Crippen LogP contribution >= 0.6 is 11.6 Å². The molecule has 0 amide bonds. The summed E-state index contributed by atoms with van der Waals surface area (Å²) in [5.74, 6) is -0.885. The largest absolute Gasteiger partial charge is 0.279 e. The van der Waals surface area contributed by atoms with E-state index in [9.17, 15) is 9.18 Å². The van der Waals surface area contributed by atoms with Crippen molar-refractivity contribution in [1.29, 1.82) is 0 Å². The van der Waals surface area contributed by atoms with Gasteiger partial charge in [-0.05, 0) is 24.3 Å². The van der Waals surface area contributed by atoms with Crippen molar-refractivity contribution in [2.75, 3.05) is 0 Å². The Hall–Kier alpha value is -2.46. The molecule has 1 aromatic heterocycles. The molecular formula is C16H10ClFN2O. The third-order valence-electron chi connectivity index (χ3n) is 3.03. The molecule has 0 spiro atoms. The molecule has 104 valence electrons. The molecule has 0 fully saturated rings. The zero-order valence-electron chi connectivity index (χ0n) is 10.8. The molecule has 3 rings (SSSR count). The first kappa shape index (κ1) is 13.5. The number of hydrogen-bond acceptors (Lipinski definition) is 2. The maximum absolute atomic E-state index is 13.0. The Kier molecular flexibility index (Phi) is 3.54. The lowest BCUT2D eigenvalue weighted by Gasteiger charge is -2.03. The van der Waals surface area contributed by atoms with E-state index < -0.39 is 11.7 Å². The zero-order valence-corrected chi connectivity index (χ0v) is 11.6. The standard InChI is InChI=1S/C16H10ClFN2O/c17-14-10-12(18)6-7-13(14)16(21)20-9-8-15(19-20)11-4-2-1-3-5-11/h1-10H. The molecular weight excluding hydrogens is 291 g/mol. The van der Waals surface area contributed by atoms with Crippen molar-refractivity contribution in [2.45, 2.75) is 0 Å². The van der Waals surface area contributed by atoms with Gasteiger partial charge in [0.1, 0.15) is 5.82 Å². The van der Waals surface area contributed by atoms with Gasteiger partial charge in [0.05, 0.1) is 16.3 Å². The summed E-state index contributed by atoms with van der Waals surface area (Å²) in [5.41, 5.74) is 1.80. The van der Waals surface area contributed by atoms with Crippen molar-refractivity contribution < 1.29 is 9.18 Å². The first-order valence-corrected chi connectivity index (χ1v) is 6.64. The van der Waals surface area contributed by atoms with E-state index in [2.05, 4.69) is 5.10 Å². The number of aromatic nitrogens is 2. The summed E-state index contributed by atoms with van der Waals surface area (Å²) in [5, 5.41) is 4.30. The van der Waals surface area contributed by atoms with Gasteiger partial charge in [0.25, 0.3) is 5.91 Å². The summed E-state index contributed by atoms with van der Waals surface area (Å²) in [6.07, 6.45) is 1.56. The SMILES string of the molecule is O=C(c1ccc(F)cc1Cl)n1ccc(-c2ccccc2)n1. The number of carbonyl (C=O) groups is 1. The molecule has 0 bridgehead atoms. The van der Waals surface area contributed by atoms with E-state index in [-0.39, 0.29) is 10.6 Å². The Morgan fingerprint density at radius 1 is 1.10 bits per heavy atom. The van der Waals surface area contributed by atoms with Crippen LogP contribution in [0.1, 0.15) is 10.4 Å². The quantitative estimate of drug-likeness (QED) is 0.716. The first-order chi connectivity index (χ1) is 10.1. The van der Waals surface area contributed by atoms with E-state index in [1.165, 1.54) is 16.8 Å². The second-order valence-electron chi connectivity index (χ2n) is 4.44. The van der Waals surface area contributed by atoms with E-state index in [0.29, 0.717) is 5.69 Å². The Morgan fingerprint density at radius 3 is 2.57 bits per heavy atom. The zero-order chi connectivity index (χ0) is 14.8. The fourth-order valence-electron chi connectivity index (χ4n) is 1.99. The second kappa shape index (κ2) is 5.50. The lowest BCUT2D eigenvalue weighted by atomic mass is 10.2. The van der Waals surface area contributed by atoms with Crippen molar-refractivity contribution in [3.8, 4) is 11.3 Å². The monoisotopic (exact) mass is 300 g/mol. The lowest BCUT2D eigenvalue weighted by molar-refractivity contribution is 0.0945. The van der Waals surface area contributed by atoms with Crippen molar-refractivity contribution >= 4 is 17.5 Å². The fourth-order valence-corrected chi connectivity index (χ4v) is 2.23.